The number of nitrogens with one attached hydrogen (secondary N) is 1. The first-order valence-corrected chi connectivity index (χ1v) is 7.06. The molecule has 0 aliphatic carbocycles. The van der Waals surface area contributed by atoms with Crippen molar-refractivity contribution in [3.8, 4) is 17.2 Å². The van der Waals surface area contributed by atoms with Crippen molar-refractivity contribution < 1.29 is 23.8 Å². The van der Waals surface area contributed by atoms with E-state index in [9.17, 15) is 9.59 Å². The number of ketones is 1. The smallest absolute Gasteiger partial charge is 0.262 e. The first-order chi connectivity index (χ1) is 11.1. The van der Waals surface area contributed by atoms with Gasteiger partial charge in [-0.2, -0.15) is 0 Å². The van der Waals surface area contributed by atoms with E-state index in [4.69, 9.17) is 14.2 Å². The van der Waals surface area contributed by atoms with Crippen LogP contribution in [0.2, 0.25) is 0 Å². The molecule has 3 rings (SSSR count). The molecule has 0 bridgehead atoms. The second-order valence-electron chi connectivity index (χ2n) is 4.96. The minimum Gasteiger partial charge on any atom is -0.483 e. The van der Waals surface area contributed by atoms with Gasteiger partial charge >= 0.3 is 0 Å². The summed E-state index contributed by atoms with van der Waals surface area (Å²) in [5.41, 5.74) is 1.03. The summed E-state index contributed by atoms with van der Waals surface area (Å²) in [6.07, 6.45) is 0. The number of anilines is 1. The van der Waals surface area contributed by atoms with Crippen LogP contribution in [0.25, 0.3) is 0 Å². The van der Waals surface area contributed by atoms with Gasteiger partial charge in [0.25, 0.3) is 5.91 Å². The van der Waals surface area contributed by atoms with E-state index in [0.717, 1.165) is 0 Å². The highest BCUT2D eigenvalue weighted by Gasteiger charge is 2.15. The molecule has 23 heavy (non-hydrogen) atoms. The maximum absolute atomic E-state index is 12.0. The predicted molar refractivity (Wildman–Crippen MR) is 83.1 cm³/mol. The predicted octanol–water partition coefficient (Wildman–Crippen LogP) is 2.64. The molecule has 0 fully saturated rings. The van der Waals surface area contributed by atoms with E-state index in [-0.39, 0.29) is 25.1 Å². The Kier molecular flexibility index (Phi) is 4.14. The fraction of sp³-hybridized carbons (Fsp3) is 0.176. The number of rotatable bonds is 5. The first kappa shape index (κ1) is 14.9. The molecule has 0 saturated carbocycles. The Morgan fingerprint density at radius 1 is 1.13 bits per heavy atom. The lowest BCUT2D eigenvalue weighted by Crippen LogP contribution is -2.20. The lowest BCUT2D eigenvalue weighted by atomic mass is 10.1. The zero-order valence-electron chi connectivity index (χ0n) is 12.5. The third-order valence-electron chi connectivity index (χ3n) is 3.28. The van der Waals surface area contributed by atoms with Crippen molar-refractivity contribution in [2.75, 3.05) is 18.7 Å². The molecule has 1 N–H and O–H groups in total. The van der Waals surface area contributed by atoms with Gasteiger partial charge in [-0.15, -0.1) is 0 Å². The molecule has 0 spiro atoms. The SMILES string of the molecule is CC(=O)c1ccccc1OCC(=O)Nc1ccc2c(c1)OCO2. The topological polar surface area (TPSA) is 73.9 Å². The molecule has 1 aliphatic rings. The van der Waals surface area contributed by atoms with E-state index in [0.29, 0.717) is 28.5 Å². The van der Waals surface area contributed by atoms with E-state index in [1.807, 2.05) is 0 Å². The van der Waals surface area contributed by atoms with Gasteiger partial charge in [-0.05, 0) is 31.2 Å². The second kappa shape index (κ2) is 6.39. The van der Waals surface area contributed by atoms with Crippen molar-refractivity contribution in [2.45, 2.75) is 6.92 Å². The average Bonchev–Trinajstić information content (AvgIpc) is 3.00. The zero-order chi connectivity index (χ0) is 16.2. The van der Waals surface area contributed by atoms with Crippen LogP contribution in [-0.4, -0.2) is 25.1 Å². The van der Waals surface area contributed by atoms with E-state index in [2.05, 4.69) is 5.32 Å². The molecule has 1 aliphatic heterocycles. The summed E-state index contributed by atoms with van der Waals surface area (Å²) in [7, 11) is 0. The van der Waals surface area contributed by atoms with Crippen LogP contribution < -0.4 is 19.5 Å². The number of carbonyl (C=O) groups is 2. The largest absolute Gasteiger partial charge is 0.483 e. The molecule has 0 saturated heterocycles. The first-order valence-electron chi connectivity index (χ1n) is 7.06. The summed E-state index contributed by atoms with van der Waals surface area (Å²) in [6.45, 7) is 1.44. The third-order valence-corrected chi connectivity index (χ3v) is 3.28. The normalized spacial score (nSPS) is 11.9. The zero-order valence-corrected chi connectivity index (χ0v) is 12.5. The number of Topliss-reactive ketones (excluding diaryl/α,β-unsaturated/α-hetero) is 1. The van der Waals surface area contributed by atoms with Crippen LogP contribution in [0.15, 0.2) is 42.5 Å². The summed E-state index contributed by atoms with van der Waals surface area (Å²) < 4.78 is 15.9. The number of hydrogen-bond acceptors (Lipinski definition) is 5. The van der Waals surface area contributed by atoms with Gasteiger partial charge in [0.15, 0.2) is 23.9 Å². The van der Waals surface area contributed by atoms with Gasteiger partial charge in [0.2, 0.25) is 6.79 Å². The van der Waals surface area contributed by atoms with E-state index in [1.54, 1.807) is 42.5 Å². The molecular formula is C17H15NO5. The van der Waals surface area contributed by atoms with Crippen LogP contribution in [0.5, 0.6) is 17.2 Å². The lowest BCUT2D eigenvalue weighted by molar-refractivity contribution is -0.118. The van der Waals surface area contributed by atoms with E-state index in [1.165, 1.54) is 6.92 Å². The van der Waals surface area contributed by atoms with Gasteiger partial charge in [-0.3, -0.25) is 9.59 Å². The number of para-hydroxylation sites is 1. The molecule has 6 nitrogen and oxygen atoms in total. The van der Waals surface area contributed by atoms with Crippen molar-refractivity contribution in [1.82, 2.24) is 0 Å². The van der Waals surface area contributed by atoms with Crippen LogP contribution in [0.4, 0.5) is 5.69 Å². The number of hydrogen-bond donors (Lipinski definition) is 1. The van der Waals surface area contributed by atoms with Gasteiger partial charge in [-0.25, -0.2) is 0 Å². The third kappa shape index (κ3) is 3.42. The summed E-state index contributed by atoms with van der Waals surface area (Å²) >= 11 is 0. The molecule has 118 valence electrons. The summed E-state index contributed by atoms with van der Waals surface area (Å²) in [6, 6.07) is 11.9. The molecule has 2 aromatic carbocycles. The standard InChI is InChI=1S/C17H15NO5/c1-11(19)13-4-2-3-5-14(13)21-9-17(20)18-12-6-7-15-16(8-12)23-10-22-15/h2-8H,9-10H2,1H3,(H,18,20). The fourth-order valence-electron chi connectivity index (χ4n) is 2.20. The number of ether oxygens (including phenoxy) is 3. The Bertz CT molecular complexity index is 756. The van der Waals surface area contributed by atoms with Crippen LogP contribution in [0, 0.1) is 0 Å². The minimum absolute atomic E-state index is 0.114. The number of amides is 1. The monoisotopic (exact) mass is 313 g/mol. The van der Waals surface area contributed by atoms with Crippen molar-refractivity contribution >= 4 is 17.4 Å². The maximum Gasteiger partial charge on any atom is 0.262 e. The molecule has 2 aromatic rings. The van der Waals surface area contributed by atoms with Crippen molar-refractivity contribution in [2.24, 2.45) is 0 Å². The number of carbonyl (C=O) groups excluding carboxylic acids is 2. The molecule has 0 radical (unpaired) electrons. The molecule has 0 unspecified atom stereocenters. The van der Waals surface area contributed by atoms with E-state index >= 15 is 0 Å². The van der Waals surface area contributed by atoms with Crippen molar-refractivity contribution in [1.29, 1.82) is 0 Å². The van der Waals surface area contributed by atoms with Crippen molar-refractivity contribution in [3.05, 3.63) is 48.0 Å². The Hall–Kier alpha value is -3.02. The van der Waals surface area contributed by atoms with Gasteiger partial charge in [0.1, 0.15) is 5.75 Å². The van der Waals surface area contributed by atoms with Crippen LogP contribution in [0.1, 0.15) is 17.3 Å². The summed E-state index contributed by atoms with van der Waals surface area (Å²) in [4.78, 5) is 23.5. The van der Waals surface area contributed by atoms with Crippen LogP contribution in [0.3, 0.4) is 0 Å². The Labute approximate surface area is 133 Å². The van der Waals surface area contributed by atoms with Crippen LogP contribution >= 0.6 is 0 Å². The summed E-state index contributed by atoms with van der Waals surface area (Å²) in [5, 5.41) is 2.71. The quantitative estimate of drug-likeness (QED) is 0.859. The molecule has 6 heteroatoms. The Morgan fingerprint density at radius 2 is 1.91 bits per heavy atom. The molecular weight excluding hydrogens is 298 g/mol. The molecule has 1 amide bonds. The van der Waals surface area contributed by atoms with Crippen LogP contribution in [-0.2, 0) is 4.79 Å². The fourth-order valence-corrected chi connectivity index (χ4v) is 2.20. The minimum atomic E-state index is -0.331. The number of fused-ring (bicyclic) bond motifs is 1. The van der Waals surface area contributed by atoms with Gasteiger partial charge in [-0.1, -0.05) is 12.1 Å². The highest BCUT2D eigenvalue weighted by atomic mass is 16.7. The highest BCUT2D eigenvalue weighted by Crippen LogP contribution is 2.34. The second-order valence-corrected chi connectivity index (χ2v) is 4.96. The average molecular weight is 313 g/mol. The molecule has 0 atom stereocenters. The molecule has 1 heterocycles. The Balaban J connectivity index is 1.61. The maximum atomic E-state index is 12.0. The highest BCUT2D eigenvalue weighted by molar-refractivity contribution is 5.97. The van der Waals surface area contributed by atoms with E-state index < -0.39 is 0 Å². The Morgan fingerprint density at radius 3 is 2.74 bits per heavy atom. The molecule has 0 aromatic heterocycles. The van der Waals surface area contributed by atoms with Gasteiger partial charge in [0, 0.05) is 11.8 Å². The van der Waals surface area contributed by atoms with Crippen molar-refractivity contribution in [3.63, 3.8) is 0 Å². The summed E-state index contributed by atoms with van der Waals surface area (Å²) in [5.74, 6) is 1.18. The number of benzene rings is 2. The van der Waals surface area contributed by atoms with Gasteiger partial charge < -0.3 is 19.5 Å². The lowest BCUT2D eigenvalue weighted by Gasteiger charge is -2.10. The van der Waals surface area contributed by atoms with Gasteiger partial charge in [0.05, 0.1) is 5.56 Å².